The van der Waals surface area contributed by atoms with E-state index in [4.69, 9.17) is 4.74 Å². The molecule has 2 N–H and O–H groups in total. The summed E-state index contributed by atoms with van der Waals surface area (Å²) in [5.74, 6) is -0.422. The van der Waals surface area contributed by atoms with Crippen LogP contribution in [0.5, 0.6) is 5.75 Å². The lowest BCUT2D eigenvalue weighted by molar-refractivity contribution is -0.119. The van der Waals surface area contributed by atoms with E-state index in [1.165, 1.54) is 18.3 Å². The molecule has 0 aromatic heterocycles. The minimum Gasteiger partial charge on any atom is -0.484 e. The second-order valence-corrected chi connectivity index (χ2v) is 11.1. The number of hydrogen-bond donors (Lipinski definition) is 2. The number of halogens is 1. The lowest BCUT2D eigenvalue weighted by Gasteiger charge is -2.23. The molecule has 0 atom stereocenters. The first-order valence-electron chi connectivity index (χ1n) is 12.0. The summed E-state index contributed by atoms with van der Waals surface area (Å²) in [4.78, 5) is 24.8. The molecule has 0 heterocycles. The van der Waals surface area contributed by atoms with Gasteiger partial charge in [0, 0.05) is 10.2 Å². The zero-order valence-corrected chi connectivity index (χ0v) is 23.5. The Morgan fingerprint density at radius 1 is 0.825 bits per heavy atom. The number of sulfonamides is 1. The van der Waals surface area contributed by atoms with E-state index < -0.39 is 22.5 Å². The fraction of sp³-hybridized carbons (Fsp3) is 0.0690. The van der Waals surface area contributed by atoms with Crippen LogP contribution in [0.2, 0.25) is 0 Å². The van der Waals surface area contributed by atoms with Crippen LogP contribution in [-0.2, 0) is 19.6 Å². The molecule has 0 saturated heterocycles. The summed E-state index contributed by atoms with van der Waals surface area (Å²) in [6.07, 6.45) is 1.42. The molecule has 4 rings (SSSR count). The van der Waals surface area contributed by atoms with Crippen molar-refractivity contribution in [3.63, 3.8) is 0 Å². The Bertz CT molecular complexity index is 1560. The van der Waals surface area contributed by atoms with Crippen molar-refractivity contribution in [3.05, 3.63) is 119 Å². The van der Waals surface area contributed by atoms with E-state index in [1.807, 2.05) is 18.2 Å². The molecule has 0 aliphatic carbocycles. The van der Waals surface area contributed by atoms with Crippen LogP contribution in [-0.4, -0.2) is 39.6 Å². The van der Waals surface area contributed by atoms with Gasteiger partial charge in [0.2, 0.25) is 0 Å². The highest BCUT2D eigenvalue weighted by Crippen LogP contribution is 2.25. The first kappa shape index (κ1) is 28.5. The van der Waals surface area contributed by atoms with Gasteiger partial charge in [0.1, 0.15) is 12.3 Å². The van der Waals surface area contributed by atoms with Crippen LogP contribution in [0.4, 0.5) is 11.4 Å². The molecule has 0 fully saturated rings. The molecule has 40 heavy (non-hydrogen) atoms. The number of nitrogens with zero attached hydrogens (tertiary/aromatic N) is 2. The topological polar surface area (TPSA) is 117 Å². The summed E-state index contributed by atoms with van der Waals surface area (Å²) < 4.78 is 34.0. The monoisotopic (exact) mass is 620 g/mol. The highest BCUT2D eigenvalue weighted by atomic mass is 79.9. The maximum atomic E-state index is 13.3. The third-order valence-corrected chi connectivity index (χ3v) is 7.76. The molecule has 0 spiro atoms. The van der Waals surface area contributed by atoms with Crippen molar-refractivity contribution < 1.29 is 22.7 Å². The highest BCUT2D eigenvalue weighted by molar-refractivity contribution is 9.10. The van der Waals surface area contributed by atoms with E-state index in [0.29, 0.717) is 22.7 Å². The number of hydrazone groups is 1. The second-order valence-electron chi connectivity index (χ2n) is 8.37. The summed E-state index contributed by atoms with van der Waals surface area (Å²) >= 11 is 3.34. The van der Waals surface area contributed by atoms with Gasteiger partial charge < -0.3 is 10.1 Å². The van der Waals surface area contributed by atoms with Crippen molar-refractivity contribution in [1.29, 1.82) is 0 Å². The van der Waals surface area contributed by atoms with Gasteiger partial charge in [-0.15, -0.1) is 0 Å². The normalized spacial score (nSPS) is 11.1. The van der Waals surface area contributed by atoms with Crippen molar-refractivity contribution in [2.45, 2.75) is 4.90 Å². The molecule has 9 nitrogen and oxygen atoms in total. The van der Waals surface area contributed by atoms with Gasteiger partial charge in [0.05, 0.1) is 16.8 Å². The third-order valence-electron chi connectivity index (χ3n) is 5.44. The van der Waals surface area contributed by atoms with Gasteiger partial charge in [-0.25, -0.2) is 13.8 Å². The molecule has 2 amide bonds. The average molecular weight is 622 g/mol. The van der Waals surface area contributed by atoms with E-state index in [-0.39, 0.29) is 17.4 Å². The quantitative estimate of drug-likeness (QED) is 0.184. The Morgan fingerprint density at radius 2 is 1.45 bits per heavy atom. The number of rotatable bonds is 11. The number of carbonyl (C=O) groups excluding carboxylic acids is 2. The summed E-state index contributed by atoms with van der Waals surface area (Å²) in [6.45, 7) is -0.632. The summed E-state index contributed by atoms with van der Waals surface area (Å²) in [6, 6.07) is 30.3. The van der Waals surface area contributed by atoms with Crippen molar-refractivity contribution in [2.24, 2.45) is 5.10 Å². The number of hydrogen-bond acceptors (Lipinski definition) is 6. The number of carbonyl (C=O) groups is 2. The zero-order valence-electron chi connectivity index (χ0n) is 21.1. The first-order chi connectivity index (χ1) is 19.3. The van der Waals surface area contributed by atoms with Gasteiger partial charge in [-0.1, -0.05) is 52.3 Å². The fourth-order valence-corrected chi connectivity index (χ4v) is 5.21. The summed E-state index contributed by atoms with van der Waals surface area (Å²) in [7, 11) is -4.01. The van der Waals surface area contributed by atoms with E-state index in [2.05, 4.69) is 31.8 Å². The van der Waals surface area contributed by atoms with Gasteiger partial charge in [0.15, 0.2) is 6.61 Å². The molecule has 4 aromatic carbocycles. The Kier molecular flexibility index (Phi) is 9.66. The lowest BCUT2D eigenvalue weighted by atomic mass is 10.2. The number of benzene rings is 4. The van der Waals surface area contributed by atoms with Gasteiger partial charge >= 0.3 is 0 Å². The Balaban J connectivity index is 1.34. The molecule has 0 aliphatic heterocycles. The fourth-order valence-electron chi connectivity index (χ4n) is 3.50. The molecule has 4 aromatic rings. The summed E-state index contributed by atoms with van der Waals surface area (Å²) in [5, 5.41) is 6.69. The van der Waals surface area contributed by atoms with E-state index in [1.54, 1.807) is 78.9 Å². The SMILES string of the molecule is O=C(CN(c1ccc(Br)cc1)S(=O)(=O)c1ccccc1)N/N=C\c1ccc(OCC(=O)Nc2ccccc2)cc1. The van der Waals surface area contributed by atoms with Crippen LogP contribution >= 0.6 is 15.9 Å². The summed E-state index contributed by atoms with van der Waals surface area (Å²) in [5.41, 5.74) is 4.05. The predicted molar refractivity (Wildman–Crippen MR) is 158 cm³/mol. The largest absolute Gasteiger partial charge is 0.484 e. The number of amides is 2. The molecule has 0 saturated carbocycles. The van der Waals surface area contributed by atoms with Crippen LogP contribution in [0, 0.1) is 0 Å². The van der Waals surface area contributed by atoms with Crippen molar-refractivity contribution in [3.8, 4) is 5.75 Å². The lowest BCUT2D eigenvalue weighted by Crippen LogP contribution is -2.39. The van der Waals surface area contributed by atoms with Crippen LogP contribution in [0.25, 0.3) is 0 Å². The Labute approximate surface area is 240 Å². The van der Waals surface area contributed by atoms with Gasteiger partial charge in [-0.2, -0.15) is 5.10 Å². The predicted octanol–water partition coefficient (Wildman–Crippen LogP) is 4.81. The molecule has 0 radical (unpaired) electrons. The van der Waals surface area contributed by atoms with Gasteiger partial charge in [0.25, 0.3) is 21.8 Å². The number of nitrogens with one attached hydrogen (secondary N) is 2. The first-order valence-corrected chi connectivity index (χ1v) is 14.3. The smallest absolute Gasteiger partial charge is 0.264 e. The van der Waals surface area contributed by atoms with Crippen LogP contribution in [0.1, 0.15) is 5.56 Å². The van der Waals surface area contributed by atoms with Crippen molar-refractivity contribution in [1.82, 2.24) is 5.43 Å². The third kappa shape index (κ3) is 8.01. The molecular weight excluding hydrogens is 596 g/mol. The molecule has 11 heteroatoms. The number of ether oxygens (including phenoxy) is 1. The highest BCUT2D eigenvalue weighted by Gasteiger charge is 2.27. The van der Waals surface area contributed by atoms with Crippen LogP contribution in [0.15, 0.2) is 124 Å². The number of para-hydroxylation sites is 1. The van der Waals surface area contributed by atoms with E-state index in [9.17, 15) is 18.0 Å². The van der Waals surface area contributed by atoms with Crippen LogP contribution in [0.3, 0.4) is 0 Å². The van der Waals surface area contributed by atoms with E-state index >= 15 is 0 Å². The van der Waals surface area contributed by atoms with Gasteiger partial charge in [-0.3, -0.25) is 13.9 Å². The standard InChI is InChI=1S/C29H25BrN4O5S/c30-23-13-15-25(16-14-23)34(40(37,38)27-9-5-2-6-10-27)20-28(35)33-31-19-22-11-17-26(18-12-22)39-21-29(36)32-24-7-3-1-4-8-24/h1-19H,20-21H2,(H,32,36)(H,33,35)/b31-19-. The Morgan fingerprint density at radius 3 is 2.10 bits per heavy atom. The van der Waals surface area contributed by atoms with Crippen LogP contribution < -0.4 is 19.8 Å². The maximum Gasteiger partial charge on any atom is 0.264 e. The van der Waals surface area contributed by atoms with Crippen molar-refractivity contribution >= 4 is 55.4 Å². The molecule has 204 valence electrons. The van der Waals surface area contributed by atoms with Crippen molar-refractivity contribution in [2.75, 3.05) is 22.8 Å². The van der Waals surface area contributed by atoms with Gasteiger partial charge in [-0.05, 0) is 78.4 Å². The molecule has 0 bridgehead atoms. The second kappa shape index (κ2) is 13.5. The minimum absolute atomic E-state index is 0.0640. The molecule has 0 unspecified atom stereocenters. The number of anilines is 2. The molecular formula is C29H25BrN4O5S. The zero-order chi connectivity index (χ0) is 28.4. The molecule has 0 aliphatic rings. The average Bonchev–Trinajstić information content (AvgIpc) is 2.97. The maximum absolute atomic E-state index is 13.3. The Hall–Kier alpha value is -4.48. The van der Waals surface area contributed by atoms with E-state index in [0.717, 1.165) is 8.78 Å². The minimum atomic E-state index is -4.01.